The monoisotopic (exact) mass is 574 g/mol. The summed E-state index contributed by atoms with van der Waals surface area (Å²) in [6.07, 6.45) is 0. The van der Waals surface area contributed by atoms with Gasteiger partial charge >= 0.3 is 209 Å². The van der Waals surface area contributed by atoms with E-state index in [1.54, 1.807) is 33.4 Å². The summed E-state index contributed by atoms with van der Waals surface area (Å²) in [5, 5.41) is 3.57. The van der Waals surface area contributed by atoms with Gasteiger partial charge in [0, 0.05) is 0 Å². The predicted octanol–water partition coefficient (Wildman–Crippen LogP) is 5.08. The molecule has 0 unspecified atom stereocenters. The van der Waals surface area contributed by atoms with Crippen molar-refractivity contribution in [2.24, 2.45) is 0 Å². The van der Waals surface area contributed by atoms with Crippen LogP contribution in [0.1, 0.15) is 41.4 Å². The van der Waals surface area contributed by atoms with E-state index >= 15 is 0 Å². The fourth-order valence-electron chi connectivity index (χ4n) is 4.26. The summed E-state index contributed by atoms with van der Waals surface area (Å²) in [5.74, 6) is -0.948. The molecule has 4 amide bonds. The first-order chi connectivity index (χ1) is 15.8. The second-order valence-corrected chi connectivity index (χ2v) is 13.9. The van der Waals surface area contributed by atoms with Crippen LogP contribution in [0.25, 0.3) is 37.4 Å². The molecule has 0 spiro atoms. The molecule has 0 saturated heterocycles. The minimum atomic E-state index is -0.238. The van der Waals surface area contributed by atoms with E-state index in [4.69, 9.17) is 0 Å². The van der Waals surface area contributed by atoms with Gasteiger partial charge in [0.1, 0.15) is 0 Å². The van der Waals surface area contributed by atoms with Gasteiger partial charge < -0.3 is 0 Å². The van der Waals surface area contributed by atoms with Gasteiger partial charge in [-0.15, -0.1) is 0 Å². The summed E-state index contributed by atoms with van der Waals surface area (Å²) >= 11 is 6.34. The third-order valence-electron chi connectivity index (χ3n) is 5.96. The number of rotatable bonds is 2. The molecule has 5 aromatic heterocycles. The van der Waals surface area contributed by atoms with Gasteiger partial charge in [-0.25, -0.2) is 0 Å². The van der Waals surface area contributed by atoms with Crippen molar-refractivity contribution < 1.29 is 19.2 Å². The fraction of sp³-hybridized carbons (Fsp3) is 0.0909. The zero-order chi connectivity index (χ0) is 22.8. The van der Waals surface area contributed by atoms with Gasteiger partial charge in [-0.2, -0.15) is 0 Å². The number of carbonyl (C=O) groups excluding carboxylic acids is 4. The molecule has 0 bridgehead atoms. The minimum absolute atomic E-state index is 0.127. The molecule has 7 rings (SSSR count). The maximum atomic E-state index is 12.6. The summed E-state index contributed by atoms with van der Waals surface area (Å²) in [5.41, 5.74) is 2.04. The average Bonchev–Trinajstić information content (AvgIpc) is 3.61. The molecule has 162 valence electrons. The Bertz CT molecular complexity index is 1620. The Balaban J connectivity index is 1.35. The van der Waals surface area contributed by atoms with Crippen molar-refractivity contribution in [3.05, 3.63) is 45.1 Å². The van der Waals surface area contributed by atoms with E-state index in [0.717, 1.165) is 19.5 Å². The van der Waals surface area contributed by atoms with E-state index in [0.29, 0.717) is 22.3 Å². The zero-order valence-corrected chi connectivity index (χ0v) is 21.9. The molecular weight excluding hydrogens is 563 g/mol. The SMILES string of the molecule is CN1C(=O)c2csc(-c3cc4[se]c5cc(-c6scc7c6C(=O)N(C)C7=O)sc5c4s3)c2C1=O. The van der Waals surface area contributed by atoms with Crippen molar-refractivity contribution in [1.82, 2.24) is 9.80 Å². The number of hydrogen-bond acceptors (Lipinski definition) is 8. The number of nitrogens with zero attached hydrogens (tertiary/aromatic N) is 2. The second kappa shape index (κ2) is 6.59. The molecule has 0 aliphatic carbocycles. The first-order valence-corrected chi connectivity index (χ1v) is 14.8. The molecule has 33 heavy (non-hydrogen) atoms. The Morgan fingerprint density at radius 3 is 1.52 bits per heavy atom. The van der Waals surface area contributed by atoms with E-state index in [9.17, 15) is 19.2 Å². The molecule has 11 heteroatoms. The molecule has 5 aromatic rings. The Morgan fingerprint density at radius 2 is 1.09 bits per heavy atom. The fourth-order valence-corrected chi connectivity index (χ4v) is 12.5. The van der Waals surface area contributed by atoms with Crippen molar-refractivity contribution in [1.29, 1.82) is 0 Å². The van der Waals surface area contributed by atoms with Crippen LogP contribution < -0.4 is 0 Å². The van der Waals surface area contributed by atoms with Crippen molar-refractivity contribution in [2.75, 3.05) is 14.1 Å². The number of thiophene rings is 4. The van der Waals surface area contributed by atoms with E-state index in [2.05, 4.69) is 12.1 Å². The second-order valence-electron chi connectivity index (χ2n) is 7.76. The summed E-state index contributed by atoms with van der Waals surface area (Å²) in [6, 6.07) is 4.32. The van der Waals surface area contributed by atoms with Crippen LogP contribution in [0.15, 0.2) is 22.9 Å². The van der Waals surface area contributed by atoms with Crippen molar-refractivity contribution in [3.8, 4) is 19.5 Å². The Hall–Kier alpha value is -2.40. The summed E-state index contributed by atoms with van der Waals surface area (Å²) in [7, 11) is 3.04. The van der Waals surface area contributed by atoms with Crippen molar-refractivity contribution in [2.45, 2.75) is 0 Å². The van der Waals surface area contributed by atoms with Gasteiger partial charge in [-0.05, 0) is 0 Å². The third kappa shape index (κ3) is 2.47. The Labute approximate surface area is 208 Å². The van der Waals surface area contributed by atoms with Gasteiger partial charge in [0.2, 0.25) is 0 Å². The molecule has 0 atom stereocenters. The summed E-state index contributed by atoms with van der Waals surface area (Å²) < 4.78 is 4.97. The van der Waals surface area contributed by atoms with E-state index in [1.807, 2.05) is 0 Å². The quantitative estimate of drug-likeness (QED) is 0.218. The maximum absolute atomic E-state index is 12.6. The number of carbonyl (C=O) groups is 4. The molecule has 0 saturated carbocycles. The van der Waals surface area contributed by atoms with Crippen LogP contribution in [0.4, 0.5) is 0 Å². The molecule has 0 fully saturated rings. The van der Waals surface area contributed by atoms with Crippen LogP contribution in [-0.4, -0.2) is 62.0 Å². The number of amides is 4. The molecule has 6 nitrogen and oxygen atoms in total. The molecule has 7 heterocycles. The van der Waals surface area contributed by atoms with Crippen LogP contribution in [0.3, 0.4) is 0 Å². The molecular formula is C22H10N2O4S4Se. The first-order valence-electron chi connectivity index (χ1n) is 9.69. The predicted molar refractivity (Wildman–Crippen MR) is 134 cm³/mol. The normalized spacial score (nSPS) is 15.7. The van der Waals surface area contributed by atoms with E-state index in [-0.39, 0.29) is 38.1 Å². The summed E-state index contributed by atoms with van der Waals surface area (Å²) in [4.78, 5) is 55.9. The van der Waals surface area contributed by atoms with Crippen molar-refractivity contribution in [3.63, 3.8) is 0 Å². The van der Waals surface area contributed by atoms with Crippen molar-refractivity contribution >= 4 is 101 Å². The van der Waals surface area contributed by atoms with Gasteiger partial charge in [-0.3, -0.25) is 0 Å². The van der Waals surface area contributed by atoms with Crippen LogP contribution in [-0.2, 0) is 0 Å². The third-order valence-corrected chi connectivity index (χ3v) is 13.6. The van der Waals surface area contributed by atoms with Gasteiger partial charge in [-0.1, -0.05) is 0 Å². The van der Waals surface area contributed by atoms with Crippen LogP contribution in [0.2, 0.25) is 0 Å². The molecule has 0 aromatic carbocycles. The standard InChI is InChI=1S/C22H10N2O4S4Se/c1-23-19(25)7-5-29-15(13(7)21(23)27)9-3-11-17(31-9)18-12(33-11)4-10(32-18)16-14-8(6-30-16)20(26)24(2)22(14)28/h3-6H,1-2H3. The van der Waals surface area contributed by atoms with Gasteiger partial charge in [0.05, 0.1) is 0 Å². The topological polar surface area (TPSA) is 74.8 Å². The van der Waals surface area contributed by atoms with Crippen LogP contribution in [0.5, 0.6) is 0 Å². The number of hydrogen-bond donors (Lipinski definition) is 0. The number of fused-ring (bicyclic) bond motifs is 5. The molecule has 2 aliphatic rings. The Morgan fingerprint density at radius 1 is 0.667 bits per heavy atom. The van der Waals surface area contributed by atoms with Crippen LogP contribution in [0, 0.1) is 0 Å². The molecule has 2 aliphatic heterocycles. The van der Waals surface area contributed by atoms with Gasteiger partial charge in [0.15, 0.2) is 0 Å². The average molecular weight is 574 g/mol. The molecule has 0 N–H and O–H groups in total. The summed E-state index contributed by atoms with van der Waals surface area (Å²) in [6.45, 7) is 0. The van der Waals surface area contributed by atoms with Gasteiger partial charge in [0.25, 0.3) is 0 Å². The van der Waals surface area contributed by atoms with E-state index < -0.39 is 0 Å². The van der Waals surface area contributed by atoms with E-state index in [1.165, 1.54) is 64.5 Å². The first kappa shape index (κ1) is 20.0. The zero-order valence-electron chi connectivity index (χ0n) is 16.9. The van der Waals surface area contributed by atoms with Crippen LogP contribution >= 0.6 is 45.3 Å². The Kier molecular flexibility index (Phi) is 4.00. The molecule has 0 radical (unpaired) electrons. The number of imide groups is 2.